The summed E-state index contributed by atoms with van der Waals surface area (Å²) >= 11 is 0. The van der Waals surface area contributed by atoms with Gasteiger partial charge in [-0.25, -0.2) is 0 Å². The van der Waals surface area contributed by atoms with Crippen molar-refractivity contribution in [2.24, 2.45) is 50.7 Å². The number of aromatic nitrogens is 1. The lowest BCUT2D eigenvalue weighted by Gasteiger charge is -2.72. The summed E-state index contributed by atoms with van der Waals surface area (Å²) in [5, 5.41) is 14.3. The molecule has 4 saturated carbocycles. The molecule has 0 spiro atoms. The Labute approximate surface area is 247 Å². The van der Waals surface area contributed by atoms with E-state index in [-0.39, 0.29) is 51.3 Å². The van der Waals surface area contributed by atoms with Crippen molar-refractivity contribution in [1.82, 2.24) is 10.3 Å². The van der Waals surface area contributed by atoms with Crippen molar-refractivity contribution < 1.29 is 14.7 Å². The molecule has 5 heteroatoms. The first kappa shape index (κ1) is 29.1. The Morgan fingerprint density at radius 2 is 1.66 bits per heavy atom. The molecule has 1 heterocycles. The van der Waals surface area contributed by atoms with Crippen molar-refractivity contribution in [2.75, 3.05) is 0 Å². The standard InChI is InChI=1S/C36H52N2O3/c1-22(2)29-25(39)20-36(31(41)38-21-23-12-18-37-19-13-23)17-16-34(6)24(30(29)36)8-9-27-33(5)14-11-28(40)32(3,4)26(33)10-15-35(27,34)7/h12-13,18-19,22,24,26-28,40H,8-11,14-17,20-21H2,1-7H3,(H,38,41)/t24?,26?,27?,28-,33-,34+,35+,36+/m0/s1. The lowest BCUT2D eigenvalue weighted by Crippen LogP contribution is -2.66. The lowest BCUT2D eigenvalue weighted by molar-refractivity contribution is -0.228. The summed E-state index contributed by atoms with van der Waals surface area (Å²) in [6, 6.07) is 3.88. The molecule has 6 rings (SSSR count). The molecule has 224 valence electrons. The second-order valence-corrected chi connectivity index (χ2v) is 16.2. The molecule has 4 fully saturated rings. The fourth-order valence-corrected chi connectivity index (χ4v) is 11.7. The van der Waals surface area contributed by atoms with Gasteiger partial charge in [-0.3, -0.25) is 14.6 Å². The summed E-state index contributed by atoms with van der Waals surface area (Å²) in [6.45, 7) is 17.0. The molecular formula is C36H52N2O3. The quantitative estimate of drug-likeness (QED) is 0.414. The van der Waals surface area contributed by atoms with Crippen LogP contribution in [0.15, 0.2) is 35.7 Å². The fourth-order valence-electron chi connectivity index (χ4n) is 11.7. The van der Waals surface area contributed by atoms with Crippen molar-refractivity contribution in [3.63, 3.8) is 0 Å². The molecular weight excluding hydrogens is 508 g/mol. The van der Waals surface area contributed by atoms with Gasteiger partial charge in [0.05, 0.1) is 11.5 Å². The average Bonchev–Trinajstić information content (AvgIpc) is 3.24. The summed E-state index contributed by atoms with van der Waals surface area (Å²) in [4.78, 5) is 32.1. The van der Waals surface area contributed by atoms with E-state index in [1.807, 2.05) is 12.1 Å². The minimum absolute atomic E-state index is 0.0407. The van der Waals surface area contributed by atoms with Crippen LogP contribution in [-0.2, 0) is 16.1 Å². The molecule has 1 amide bonds. The molecule has 41 heavy (non-hydrogen) atoms. The third-order valence-corrected chi connectivity index (χ3v) is 14.0. The predicted molar refractivity (Wildman–Crippen MR) is 162 cm³/mol. The topological polar surface area (TPSA) is 79.3 Å². The lowest BCUT2D eigenvalue weighted by atomic mass is 9.33. The van der Waals surface area contributed by atoms with Gasteiger partial charge in [-0.2, -0.15) is 0 Å². The molecule has 5 nitrogen and oxygen atoms in total. The van der Waals surface area contributed by atoms with Gasteiger partial charge in [0.25, 0.3) is 0 Å². The minimum atomic E-state index is -0.713. The highest BCUT2D eigenvalue weighted by molar-refractivity contribution is 6.06. The highest BCUT2D eigenvalue weighted by atomic mass is 16.3. The maximum atomic E-state index is 14.2. The third kappa shape index (κ3) is 3.85. The second kappa shape index (κ2) is 9.49. The molecule has 0 bridgehead atoms. The maximum absolute atomic E-state index is 14.2. The molecule has 3 unspecified atom stereocenters. The minimum Gasteiger partial charge on any atom is -0.393 e. The van der Waals surface area contributed by atoms with Gasteiger partial charge in [0, 0.05) is 25.4 Å². The summed E-state index contributed by atoms with van der Waals surface area (Å²) in [5.74, 6) is 1.74. The van der Waals surface area contributed by atoms with E-state index in [9.17, 15) is 14.7 Å². The summed E-state index contributed by atoms with van der Waals surface area (Å²) in [5.41, 5.74) is 2.82. The Morgan fingerprint density at radius 3 is 2.34 bits per heavy atom. The number of fused-ring (bicyclic) bond motifs is 7. The van der Waals surface area contributed by atoms with Gasteiger partial charge in [0.2, 0.25) is 5.91 Å². The summed E-state index contributed by atoms with van der Waals surface area (Å²) < 4.78 is 0. The first-order valence-corrected chi connectivity index (χ1v) is 16.4. The zero-order valence-corrected chi connectivity index (χ0v) is 26.5. The van der Waals surface area contributed by atoms with Gasteiger partial charge >= 0.3 is 0 Å². The highest BCUT2D eigenvalue weighted by Crippen LogP contribution is 2.76. The summed E-state index contributed by atoms with van der Waals surface area (Å²) in [6.07, 6.45) is 11.9. The number of allylic oxidation sites excluding steroid dienone is 1. The van der Waals surface area contributed by atoms with Crippen LogP contribution in [0.3, 0.4) is 0 Å². The van der Waals surface area contributed by atoms with Crippen LogP contribution in [0.5, 0.6) is 0 Å². The number of aliphatic hydroxyl groups is 1. The zero-order valence-electron chi connectivity index (χ0n) is 26.5. The molecule has 0 aromatic carbocycles. The number of Topliss-reactive ketones (excluding diaryl/α,β-unsaturated/α-hetero) is 1. The van der Waals surface area contributed by atoms with Gasteiger partial charge in [-0.05, 0) is 126 Å². The molecule has 0 radical (unpaired) electrons. The van der Waals surface area contributed by atoms with Crippen LogP contribution in [-0.4, -0.2) is 27.9 Å². The smallest absolute Gasteiger partial charge is 0.231 e. The second-order valence-electron chi connectivity index (χ2n) is 16.2. The van der Waals surface area contributed by atoms with Crippen LogP contribution in [0.25, 0.3) is 0 Å². The molecule has 1 aromatic rings. The SMILES string of the molecule is CC(C)C1=C2C3CCC4[C@@]5(C)CC[C@H](O)C(C)(C)C5CC[C@@]4(C)[C@]3(C)CC[C@@]2(C(=O)NCc2ccncc2)CC1=O. The maximum Gasteiger partial charge on any atom is 0.231 e. The Bertz CT molecular complexity index is 1270. The van der Waals surface area contributed by atoms with Crippen molar-refractivity contribution >= 4 is 11.7 Å². The first-order valence-electron chi connectivity index (χ1n) is 16.4. The van der Waals surface area contributed by atoms with Crippen molar-refractivity contribution in [2.45, 2.75) is 119 Å². The Hall–Kier alpha value is -2.01. The number of carbonyl (C=O) groups is 2. The number of rotatable bonds is 4. The van der Waals surface area contributed by atoms with Crippen LogP contribution in [0, 0.1) is 50.7 Å². The number of pyridine rings is 1. The summed E-state index contributed by atoms with van der Waals surface area (Å²) in [7, 11) is 0. The van der Waals surface area contributed by atoms with Crippen LogP contribution in [0.2, 0.25) is 0 Å². The van der Waals surface area contributed by atoms with Gasteiger partial charge in [0.1, 0.15) is 0 Å². The van der Waals surface area contributed by atoms with E-state index in [4.69, 9.17) is 0 Å². The van der Waals surface area contributed by atoms with Crippen LogP contribution >= 0.6 is 0 Å². The van der Waals surface area contributed by atoms with Crippen LogP contribution in [0.1, 0.15) is 112 Å². The van der Waals surface area contributed by atoms with E-state index >= 15 is 0 Å². The number of hydrogen-bond donors (Lipinski definition) is 2. The molecule has 2 N–H and O–H groups in total. The van der Waals surface area contributed by atoms with Gasteiger partial charge < -0.3 is 10.4 Å². The van der Waals surface area contributed by atoms with E-state index in [0.717, 1.165) is 56.1 Å². The van der Waals surface area contributed by atoms with Crippen molar-refractivity contribution in [3.8, 4) is 0 Å². The largest absolute Gasteiger partial charge is 0.393 e. The molecule has 0 aliphatic heterocycles. The predicted octanol–water partition coefficient (Wildman–Crippen LogP) is 7.04. The number of amides is 1. The Kier molecular flexibility index (Phi) is 6.73. The van der Waals surface area contributed by atoms with E-state index in [1.165, 1.54) is 12.0 Å². The van der Waals surface area contributed by atoms with Gasteiger partial charge in [-0.1, -0.05) is 48.5 Å². The van der Waals surface area contributed by atoms with Crippen LogP contribution < -0.4 is 5.32 Å². The molecule has 5 aliphatic carbocycles. The normalized spacial score (nSPS) is 43.2. The number of aliphatic hydroxyl groups excluding tert-OH is 1. The van der Waals surface area contributed by atoms with Gasteiger partial charge in [0.15, 0.2) is 5.78 Å². The molecule has 8 atom stereocenters. The number of nitrogens with one attached hydrogen (secondary N) is 1. The molecule has 5 aliphatic rings. The highest BCUT2D eigenvalue weighted by Gasteiger charge is 2.70. The zero-order chi connectivity index (χ0) is 29.6. The third-order valence-electron chi connectivity index (χ3n) is 14.0. The van der Waals surface area contributed by atoms with Crippen LogP contribution in [0.4, 0.5) is 0 Å². The average molecular weight is 561 g/mol. The van der Waals surface area contributed by atoms with Crippen molar-refractivity contribution in [1.29, 1.82) is 0 Å². The van der Waals surface area contributed by atoms with Crippen molar-refractivity contribution in [3.05, 3.63) is 41.2 Å². The van der Waals surface area contributed by atoms with E-state index in [2.05, 4.69) is 58.8 Å². The number of carbonyl (C=O) groups excluding carboxylic acids is 2. The number of nitrogens with zero attached hydrogens (tertiary/aromatic N) is 1. The Morgan fingerprint density at radius 1 is 0.951 bits per heavy atom. The molecule has 1 aromatic heterocycles. The number of ketones is 1. The van der Waals surface area contributed by atoms with E-state index in [0.29, 0.717) is 24.8 Å². The Balaban J connectivity index is 1.38. The first-order chi connectivity index (χ1) is 19.2. The van der Waals surface area contributed by atoms with E-state index in [1.54, 1.807) is 12.4 Å². The fraction of sp³-hybridized carbons (Fsp3) is 0.750. The van der Waals surface area contributed by atoms with Gasteiger partial charge in [-0.15, -0.1) is 0 Å². The monoisotopic (exact) mass is 560 g/mol. The number of hydrogen-bond acceptors (Lipinski definition) is 4. The van der Waals surface area contributed by atoms with E-state index < -0.39 is 5.41 Å². The molecule has 0 saturated heterocycles.